The Morgan fingerprint density at radius 3 is 2.48 bits per heavy atom. The fraction of sp³-hybridized carbons (Fsp3) is 0.389. The summed E-state index contributed by atoms with van der Waals surface area (Å²) in [6.45, 7) is 1.76. The number of benzene rings is 1. The van der Waals surface area contributed by atoms with Gasteiger partial charge >= 0.3 is 0 Å². The van der Waals surface area contributed by atoms with E-state index in [4.69, 9.17) is 21.1 Å². The van der Waals surface area contributed by atoms with Gasteiger partial charge in [-0.05, 0) is 27.1 Å². The Bertz CT molecular complexity index is 768. The molecule has 0 unspecified atom stereocenters. The van der Waals surface area contributed by atoms with E-state index in [-0.39, 0.29) is 5.69 Å². The maximum Gasteiger partial charge on any atom is 0.275 e. The van der Waals surface area contributed by atoms with Gasteiger partial charge < -0.3 is 25.0 Å². The molecule has 2 N–H and O–H groups in total. The first-order chi connectivity index (χ1) is 12.9. The molecule has 0 spiro atoms. The van der Waals surface area contributed by atoms with Gasteiger partial charge in [-0.3, -0.25) is 4.79 Å². The predicted octanol–water partition coefficient (Wildman–Crippen LogP) is 2.76. The predicted molar refractivity (Wildman–Crippen MR) is 106 cm³/mol. The number of ether oxygens (including phenoxy) is 2. The van der Waals surface area contributed by atoms with Crippen molar-refractivity contribution in [2.75, 3.05) is 52.0 Å². The molecule has 0 saturated carbocycles. The van der Waals surface area contributed by atoms with Crippen molar-refractivity contribution in [3.8, 4) is 11.5 Å². The van der Waals surface area contributed by atoms with Crippen molar-refractivity contribution in [2.24, 2.45) is 0 Å². The zero-order valence-corrected chi connectivity index (χ0v) is 16.6. The van der Waals surface area contributed by atoms with E-state index >= 15 is 0 Å². The molecule has 8 nitrogen and oxygen atoms in total. The number of anilines is 2. The Morgan fingerprint density at radius 2 is 1.89 bits per heavy atom. The fourth-order valence-corrected chi connectivity index (χ4v) is 2.52. The van der Waals surface area contributed by atoms with Crippen LogP contribution in [0.5, 0.6) is 11.5 Å². The van der Waals surface area contributed by atoms with Crippen molar-refractivity contribution in [1.82, 2.24) is 14.9 Å². The van der Waals surface area contributed by atoms with Crippen LogP contribution in [-0.2, 0) is 0 Å². The summed E-state index contributed by atoms with van der Waals surface area (Å²) in [6, 6.07) is 3.16. The van der Waals surface area contributed by atoms with E-state index in [1.54, 1.807) is 12.1 Å². The van der Waals surface area contributed by atoms with Crippen molar-refractivity contribution < 1.29 is 14.3 Å². The van der Waals surface area contributed by atoms with Gasteiger partial charge in [-0.15, -0.1) is 0 Å². The van der Waals surface area contributed by atoms with Crippen molar-refractivity contribution >= 4 is 29.0 Å². The molecule has 0 aliphatic heterocycles. The molecule has 0 radical (unpaired) electrons. The topological polar surface area (TPSA) is 88.6 Å². The van der Waals surface area contributed by atoms with Gasteiger partial charge in [0.15, 0.2) is 0 Å². The van der Waals surface area contributed by atoms with Gasteiger partial charge in [-0.1, -0.05) is 11.6 Å². The fourth-order valence-electron chi connectivity index (χ4n) is 2.29. The van der Waals surface area contributed by atoms with E-state index in [2.05, 4.69) is 25.5 Å². The van der Waals surface area contributed by atoms with Crippen LogP contribution in [0.4, 0.5) is 11.5 Å². The van der Waals surface area contributed by atoms with E-state index in [1.165, 1.54) is 26.6 Å². The number of aromatic nitrogens is 2. The van der Waals surface area contributed by atoms with E-state index in [1.807, 2.05) is 14.1 Å². The summed E-state index contributed by atoms with van der Waals surface area (Å²) in [7, 11) is 7.04. The number of rotatable bonds is 9. The van der Waals surface area contributed by atoms with Gasteiger partial charge in [0.25, 0.3) is 5.91 Å². The van der Waals surface area contributed by atoms with Crippen LogP contribution < -0.4 is 20.1 Å². The third-order valence-electron chi connectivity index (χ3n) is 3.69. The highest BCUT2D eigenvalue weighted by Gasteiger charge is 2.15. The molecule has 27 heavy (non-hydrogen) atoms. The molecule has 0 saturated heterocycles. The number of hydrogen-bond donors (Lipinski definition) is 2. The number of carbonyl (C=O) groups is 1. The minimum Gasteiger partial charge on any atom is -0.495 e. The van der Waals surface area contributed by atoms with Crippen LogP contribution in [0.1, 0.15) is 16.9 Å². The van der Waals surface area contributed by atoms with Crippen molar-refractivity contribution in [3.63, 3.8) is 0 Å². The number of amides is 1. The molecule has 1 amide bonds. The molecule has 0 atom stereocenters. The number of nitrogens with one attached hydrogen (secondary N) is 2. The smallest absolute Gasteiger partial charge is 0.275 e. The Kier molecular flexibility index (Phi) is 7.63. The molecular formula is C18H24ClN5O3. The number of hydrogen-bond acceptors (Lipinski definition) is 7. The second kappa shape index (κ2) is 9.94. The molecule has 0 aliphatic carbocycles. The molecule has 2 rings (SSSR count). The summed E-state index contributed by atoms with van der Waals surface area (Å²) in [5, 5.41) is 6.29. The van der Waals surface area contributed by atoms with E-state index < -0.39 is 5.91 Å². The highest BCUT2D eigenvalue weighted by molar-refractivity contribution is 6.32. The highest BCUT2D eigenvalue weighted by Crippen LogP contribution is 2.35. The summed E-state index contributed by atoms with van der Waals surface area (Å²) in [5.41, 5.74) is 0.612. The molecule has 146 valence electrons. The average Bonchev–Trinajstić information content (AvgIpc) is 2.66. The molecule has 2 aromatic rings. The van der Waals surface area contributed by atoms with Crippen LogP contribution in [-0.4, -0.2) is 62.2 Å². The van der Waals surface area contributed by atoms with Gasteiger partial charge in [-0.2, -0.15) is 0 Å². The average molecular weight is 394 g/mol. The first kappa shape index (κ1) is 20.7. The minimum absolute atomic E-state index is 0.185. The van der Waals surface area contributed by atoms with Gasteiger partial charge in [0.2, 0.25) is 0 Å². The summed E-state index contributed by atoms with van der Waals surface area (Å²) in [6.07, 6.45) is 3.93. The Hall–Kier alpha value is -2.58. The Morgan fingerprint density at radius 1 is 1.15 bits per heavy atom. The standard InChI is InChI=1S/C18H24ClN5O3/c1-24(2)7-5-6-20-17-11-21-14(10-22-17)18(25)23-13-9-15(26-3)12(19)8-16(13)27-4/h8-11H,5-7H2,1-4H3,(H,20,22)(H,23,25). The summed E-state index contributed by atoms with van der Waals surface area (Å²) < 4.78 is 10.4. The molecule has 0 fully saturated rings. The number of methoxy groups -OCH3 is 2. The lowest BCUT2D eigenvalue weighted by Crippen LogP contribution is -2.17. The SMILES string of the molecule is COc1cc(NC(=O)c2cnc(NCCCN(C)C)cn2)c(OC)cc1Cl. The van der Waals surface area contributed by atoms with Crippen LogP contribution in [0.2, 0.25) is 5.02 Å². The second-order valence-corrected chi connectivity index (χ2v) is 6.42. The normalized spacial score (nSPS) is 10.6. The van der Waals surface area contributed by atoms with Crippen LogP contribution >= 0.6 is 11.6 Å². The van der Waals surface area contributed by atoms with E-state index in [0.717, 1.165) is 19.5 Å². The molecule has 1 aromatic carbocycles. The molecule has 1 aromatic heterocycles. The van der Waals surface area contributed by atoms with Gasteiger partial charge in [0, 0.05) is 18.7 Å². The molecule has 0 aliphatic rings. The number of carbonyl (C=O) groups excluding carboxylic acids is 1. The molecular weight excluding hydrogens is 370 g/mol. The minimum atomic E-state index is -0.413. The van der Waals surface area contributed by atoms with Gasteiger partial charge in [-0.25, -0.2) is 9.97 Å². The maximum absolute atomic E-state index is 12.4. The number of halogens is 1. The third-order valence-corrected chi connectivity index (χ3v) is 3.99. The quantitative estimate of drug-likeness (QED) is 0.633. The molecule has 1 heterocycles. The Balaban J connectivity index is 2.02. The third kappa shape index (κ3) is 5.97. The summed E-state index contributed by atoms with van der Waals surface area (Å²) >= 11 is 6.07. The summed E-state index contributed by atoms with van der Waals surface area (Å²) in [4.78, 5) is 22.9. The van der Waals surface area contributed by atoms with Gasteiger partial charge in [0.05, 0.1) is 37.3 Å². The summed E-state index contributed by atoms with van der Waals surface area (Å²) in [5.74, 6) is 1.05. The zero-order valence-electron chi connectivity index (χ0n) is 15.9. The van der Waals surface area contributed by atoms with Crippen LogP contribution in [0.25, 0.3) is 0 Å². The lowest BCUT2D eigenvalue weighted by Gasteiger charge is -2.13. The van der Waals surface area contributed by atoms with Crippen LogP contribution in [0, 0.1) is 0 Å². The highest BCUT2D eigenvalue weighted by atomic mass is 35.5. The van der Waals surface area contributed by atoms with Crippen molar-refractivity contribution in [1.29, 1.82) is 0 Å². The van der Waals surface area contributed by atoms with E-state index in [9.17, 15) is 4.79 Å². The van der Waals surface area contributed by atoms with Crippen LogP contribution in [0.15, 0.2) is 24.5 Å². The second-order valence-electron chi connectivity index (χ2n) is 6.01. The Labute approximate surface area is 163 Å². The largest absolute Gasteiger partial charge is 0.495 e. The lowest BCUT2D eigenvalue weighted by molar-refractivity contribution is 0.102. The first-order valence-electron chi connectivity index (χ1n) is 8.38. The first-order valence-corrected chi connectivity index (χ1v) is 8.76. The monoisotopic (exact) mass is 393 g/mol. The lowest BCUT2D eigenvalue weighted by atomic mass is 10.2. The maximum atomic E-state index is 12.4. The zero-order chi connectivity index (χ0) is 19.8. The number of nitrogens with zero attached hydrogens (tertiary/aromatic N) is 3. The van der Waals surface area contributed by atoms with Crippen molar-refractivity contribution in [2.45, 2.75) is 6.42 Å². The van der Waals surface area contributed by atoms with Crippen LogP contribution in [0.3, 0.4) is 0 Å². The van der Waals surface area contributed by atoms with Gasteiger partial charge in [0.1, 0.15) is 23.0 Å². The molecule has 9 heteroatoms. The van der Waals surface area contributed by atoms with E-state index in [0.29, 0.717) is 28.0 Å². The molecule has 0 bridgehead atoms. The van der Waals surface area contributed by atoms with Crippen molar-refractivity contribution in [3.05, 3.63) is 35.2 Å².